The first-order valence-electron chi connectivity index (χ1n) is 5.97. The van der Waals surface area contributed by atoms with Crippen LogP contribution in [0.4, 0.5) is 4.39 Å². The zero-order valence-corrected chi connectivity index (χ0v) is 10.8. The molecule has 0 aromatic heterocycles. The number of benzene rings is 1. The maximum Gasteiger partial charge on any atom is 0.330 e. The normalized spacial score (nSPS) is 16.5. The molecule has 6 heteroatoms. The van der Waals surface area contributed by atoms with Gasteiger partial charge in [-0.15, -0.1) is 0 Å². The number of amides is 1. The second kappa shape index (κ2) is 5.57. The first kappa shape index (κ1) is 13.8. The van der Waals surface area contributed by atoms with Crippen LogP contribution in [0, 0.1) is 11.7 Å². The molecule has 1 aliphatic rings. The lowest BCUT2D eigenvalue weighted by Crippen LogP contribution is -2.39. The van der Waals surface area contributed by atoms with Crippen molar-refractivity contribution in [2.24, 2.45) is 5.92 Å². The molecule has 0 bridgehead atoms. The molecule has 1 unspecified atom stereocenters. The Morgan fingerprint density at radius 3 is 2.58 bits per heavy atom. The van der Waals surface area contributed by atoms with Crippen molar-refractivity contribution in [3.8, 4) is 0 Å². The van der Waals surface area contributed by atoms with E-state index in [0.29, 0.717) is 0 Å². The van der Waals surface area contributed by atoms with Gasteiger partial charge in [0.25, 0.3) is 0 Å². The molecule has 2 rings (SSSR count). The summed E-state index contributed by atoms with van der Waals surface area (Å²) in [6.07, 6.45) is 2.52. The van der Waals surface area contributed by atoms with Crippen LogP contribution in [0.25, 0.3) is 0 Å². The van der Waals surface area contributed by atoms with Gasteiger partial charge < -0.3 is 10.4 Å². The largest absolute Gasteiger partial charge is 0.479 e. The monoisotopic (exact) mass is 285 g/mol. The first-order valence-corrected chi connectivity index (χ1v) is 6.35. The highest BCUT2D eigenvalue weighted by atomic mass is 35.5. The lowest BCUT2D eigenvalue weighted by atomic mass is 9.84. The maximum absolute atomic E-state index is 13.3. The van der Waals surface area contributed by atoms with E-state index in [1.807, 2.05) is 0 Å². The Bertz CT molecular complexity index is 517. The van der Waals surface area contributed by atoms with E-state index < -0.39 is 17.8 Å². The Morgan fingerprint density at radius 1 is 1.42 bits per heavy atom. The van der Waals surface area contributed by atoms with Crippen molar-refractivity contribution in [2.45, 2.75) is 25.3 Å². The van der Waals surface area contributed by atoms with Crippen molar-refractivity contribution in [2.75, 3.05) is 0 Å². The van der Waals surface area contributed by atoms with E-state index in [2.05, 4.69) is 5.32 Å². The molecule has 1 saturated carbocycles. The molecule has 1 aromatic carbocycles. The highest BCUT2D eigenvalue weighted by Crippen LogP contribution is 2.28. The van der Waals surface area contributed by atoms with Gasteiger partial charge in [-0.1, -0.05) is 24.1 Å². The van der Waals surface area contributed by atoms with Gasteiger partial charge in [-0.3, -0.25) is 4.79 Å². The molecule has 19 heavy (non-hydrogen) atoms. The van der Waals surface area contributed by atoms with Gasteiger partial charge in [0.1, 0.15) is 5.82 Å². The minimum absolute atomic E-state index is 0.0850. The van der Waals surface area contributed by atoms with Crippen molar-refractivity contribution in [3.63, 3.8) is 0 Å². The molecule has 4 nitrogen and oxygen atoms in total. The summed E-state index contributed by atoms with van der Waals surface area (Å²) in [5.74, 6) is -2.36. The summed E-state index contributed by atoms with van der Waals surface area (Å²) >= 11 is 5.54. The molecular formula is C13H13ClFNO3. The van der Waals surface area contributed by atoms with Crippen LogP contribution in [0.2, 0.25) is 5.02 Å². The molecule has 0 heterocycles. The van der Waals surface area contributed by atoms with Crippen molar-refractivity contribution >= 4 is 23.5 Å². The number of hydrogen-bond acceptors (Lipinski definition) is 2. The molecule has 0 aliphatic heterocycles. The van der Waals surface area contributed by atoms with Crippen LogP contribution >= 0.6 is 11.6 Å². The zero-order valence-electron chi connectivity index (χ0n) is 10.0. The lowest BCUT2D eigenvalue weighted by molar-refractivity contribution is -0.143. The highest BCUT2D eigenvalue weighted by molar-refractivity contribution is 6.30. The van der Waals surface area contributed by atoms with Gasteiger partial charge in [0, 0.05) is 5.92 Å². The summed E-state index contributed by atoms with van der Waals surface area (Å²) in [4.78, 5) is 23.0. The van der Waals surface area contributed by atoms with E-state index in [-0.39, 0.29) is 22.4 Å². The number of halogens is 2. The van der Waals surface area contributed by atoms with Gasteiger partial charge in [0.05, 0.1) is 5.02 Å². The van der Waals surface area contributed by atoms with E-state index in [4.69, 9.17) is 16.7 Å². The van der Waals surface area contributed by atoms with Gasteiger partial charge in [-0.05, 0) is 30.5 Å². The molecular weight excluding hydrogens is 273 g/mol. The average Bonchev–Trinajstić information content (AvgIpc) is 2.27. The molecule has 0 radical (unpaired) electrons. The molecule has 0 saturated heterocycles. The quantitative estimate of drug-likeness (QED) is 0.893. The second-order valence-electron chi connectivity index (χ2n) is 4.58. The van der Waals surface area contributed by atoms with E-state index in [0.717, 1.165) is 25.3 Å². The number of rotatable bonds is 4. The van der Waals surface area contributed by atoms with Crippen LogP contribution in [-0.4, -0.2) is 17.0 Å². The molecule has 1 aromatic rings. The SMILES string of the molecule is O=C(NC(C(=O)O)c1ccc(Cl)c(F)c1)C1CCC1. The van der Waals surface area contributed by atoms with Crippen molar-refractivity contribution in [1.82, 2.24) is 5.32 Å². The predicted molar refractivity (Wildman–Crippen MR) is 67.3 cm³/mol. The molecule has 1 aliphatic carbocycles. The standard InChI is InChI=1S/C13H13ClFNO3/c14-9-5-4-8(6-10(9)15)11(13(18)19)16-12(17)7-2-1-3-7/h4-7,11H,1-3H2,(H,16,17)(H,18,19). The van der Waals surface area contributed by atoms with Crippen LogP contribution in [0.3, 0.4) is 0 Å². The number of carbonyl (C=O) groups is 2. The lowest BCUT2D eigenvalue weighted by Gasteiger charge is -2.26. The number of nitrogens with one attached hydrogen (secondary N) is 1. The smallest absolute Gasteiger partial charge is 0.330 e. The van der Waals surface area contributed by atoms with Crippen molar-refractivity contribution in [1.29, 1.82) is 0 Å². The zero-order chi connectivity index (χ0) is 14.0. The molecule has 1 atom stereocenters. The van der Waals surface area contributed by atoms with Gasteiger partial charge in [-0.25, -0.2) is 9.18 Å². The molecule has 0 spiro atoms. The molecule has 102 valence electrons. The summed E-state index contributed by atoms with van der Waals surface area (Å²) in [6.45, 7) is 0. The Hall–Kier alpha value is -1.62. The molecule has 2 N–H and O–H groups in total. The topological polar surface area (TPSA) is 66.4 Å². The molecule has 1 amide bonds. The van der Waals surface area contributed by atoms with Crippen LogP contribution in [0.15, 0.2) is 18.2 Å². The van der Waals surface area contributed by atoms with E-state index >= 15 is 0 Å². The third-order valence-electron chi connectivity index (χ3n) is 3.29. The summed E-state index contributed by atoms with van der Waals surface area (Å²) in [5.41, 5.74) is 0.169. The Balaban J connectivity index is 2.16. The minimum Gasteiger partial charge on any atom is -0.479 e. The fraction of sp³-hybridized carbons (Fsp3) is 0.385. The third-order valence-corrected chi connectivity index (χ3v) is 3.59. The number of carboxylic acids is 1. The fourth-order valence-electron chi connectivity index (χ4n) is 1.91. The van der Waals surface area contributed by atoms with E-state index in [1.54, 1.807) is 0 Å². The number of carbonyl (C=O) groups excluding carboxylic acids is 1. The Kier molecular flexibility index (Phi) is 4.04. The van der Waals surface area contributed by atoms with Gasteiger partial charge in [0.2, 0.25) is 5.91 Å². The van der Waals surface area contributed by atoms with Gasteiger partial charge in [-0.2, -0.15) is 0 Å². The summed E-state index contributed by atoms with van der Waals surface area (Å²) in [7, 11) is 0. The Labute approximate surface area is 114 Å². The predicted octanol–water partition coefficient (Wildman–Crippen LogP) is 2.52. The number of carboxylic acid groups (broad SMARTS) is 1. The van der Waals surface area contributed by atoms with Crippen LogP contribution < -0.4 is 5.32 Å². The van der Waals surface area contributed by atoms with Crippen LogP contribution in [-0.2, 0) is 9.59 Å². The highest BCUT2D eigenvalue weighted by Gasteiger charge is 2.30. The first-order chi connectivity index (χ1) is 8.99. The van der Waals surface area contributed by atoms with Crippen LogP contribution in [0.5, 0.6) is 0 Å². The van der Waals surface area contributed by atoms with Crippen molar-refractivity contribution in [3.05, 3.63) is 34.6 Å². The summed E-state index contributed by atoms with van der Waals surface area (Å²) in [5, 5.41) is 11.5. The second-order valence-corrected chi connectivity index (χ2v) is 4.99. The number of hydrogen-bond donors (Lipinski definition) is 2. The van der Waals surface area contributed by atoms with Crippen molar-refractivity contribution < 1.29 is 19.1 Å². The van der Waals surface area contributed by atoms with E-state index in [1.165, 1.54) is 12.1 Å². The van der Waals surface area contributed by atoms with Gasteiger partial charge in [0.15, 0.2) is 6.04 Å². The van der Waals surface area contributed by atoms with E-state index in [9.17, 15) is 14.0 Å². The molecule has 1 fully saturated rings. The average molecular weight is 286 g/mol. The summed E-state index contributed by atoms with van der Waals surface area (Å²) < 4.78 is 13.3. The maximum atomic E-state index is 13.3. The Morgan fingerprint density at radius 2 is 2.11 bits per heavy atom. The van der Waals surface area contributed by atoms with Gasteiger partial charge >= 0.3 is 5.97 Å². The summed E-state index contributed by atoms with van der Waals surface area (Å²) in [6, 6.07) is 2.45. The number of aliphatic carboxylic acids is 1. The fourth-order valence-corrected chi connectivity index (χ4v) is 2.03. The minimum atomic E-state index is -1.25. The van der Waals surface area contributed by atoms with Crippen LogP contribution in [0.1, 0.15) is 30.9 Å². The third kappa shape index (κ3) is 3.04.